The number of anilines is 2. The molecule has 1 aromatic carbocycles. The van der Waals surface area contributed by atoms with E-state index in [9.17, 15) is 14.4 Å². The molecule has 1 aromatic heterocycles. The van der Waals surface area contributed by atoms with Crippen LogP contribution in [0, 0.1) is 6.92 Å². The maximum atomic E-state index is 12.3. The summed E-state index contributed by atoms with van der Waals surface area (Å²) in [5.41, 5.74) is 0.497. The normalized spacial score (nSPS) is 11.4. The Kier molecular flexibility index (Phi) is 8.53. The molecule has 1 heterocycles. The summed E-state index contributed by atoms with van der Waals surface area (Å²) in [6.07, 6.45) is -0.996. The summed E-state index contributed by atoms with van der Waals surface area (Å²) in [6, 6.07) is 8.57. The number of esters is 1. The lowest BCUT2D eigenvalue weighted by atomic mass is 10.2. The number of ether oxygens (including phenoxy) is 2. The minimum Gasteiger partial charge on any atom is -0.492 e. The number of amides is 2. The van der Waals surface area contributed by atoms with Gasteiger partial charge in [-0.2, -0.15) is 0 Å². The summed E-state index contributed by atoms with van der Waals surface area (Å²) in [5, 5.41) is 8.87. The van der Waals surface area contributed by atoms with E-state index in [4.69, 9.17) is 14.0 Å². The zero-order chi connectivity index (χ0) is 21.2. The molecular formula is C19H23N3O6S. The fourth-order valence-corrected chi connectivity index (χ4v) is 2.80. The number of hydrogen-bond donors (Lipinski definition) is 2. The molecule has 0 aliphatic rings. The number of carbonyl (C=O) groups is 3. The first-order valence-corrected chi connectivity index (χ1v) is 10.1. The summed E-state index contributed by atoms with van der Waals surface area (Å²) in [4.78, 5) is 36.0. The zero-order valence-electron chi connectivity index (χ0n) is 16.4. The molecule has 1 atom stereocenters. The van der Waals surface area contributed by atoms with Crippen LogP contribution in [-0.2, 0) is 19.1 Å². The van der Waals surface area contributed by atoms with Gasteiger partial charge in [-0.3, -0.25) is 14.4 Å². The van der Waals surface area contributed by atoms with Crippen molar-refractivity contribution in [2.45, 2.75) is 26.9 Å². The van der Waals surface area contributed by atoms with Gasteiger partial charge in [-0.25, -0.2) is 0 Å². The minimum atomic E-state index is -0.996. The van der Waals surface area contributed by atoms with Crippen molar-refractivity contribution in [3.8, 4) is 5.75 Å². The third kappa shape index (κ3) is 7.49. The van der Waals surface area contributed by atoms with Crippen LogP contribution in [0.3, 0.4) is 0 Å². The molecule has 2 amide bonds. The Morgan fingerprint density at radius 1 is 1.21 bits per heavy atom. The quantitative estimate of drug-likeness (QED) is 0.562. The Morgan fingerprint density at radius 2 is 1.97 bits per heavy atom. The SMILES string of the molecule is CCOc1ccccc1NC(=O)[C@H](C)OC(=O)CSCC(=O)Nc1cc(C)on1. The summed E-state index contributed by atoms with van der Waals surface area (Å²) in [7, 11) is 0. The minimum absolute atomic E-state index is 0.0311. The molecule has 0 fully saturated rings. The number of aromatic nitrogens is 1. The lowest BCUT2D eigenvalue weighted by Gasteiger charge is -2.15. The van der Waals surface area contributed by atoms with E-state index < -0.39 is 18.0 Å². The van der Waals surface area contributed by atoms with Crippen molar-refractivity contribution in [2.24, 2.45) is 0 Å². The highest BCUT2D eigenvalue weighted by Gasteiger charge is 2.19. The van der Waals surface area contributed by atoms with Gasteiger partial charge in [0.25, 0.3) is 5.91 Å². The van der Waals surface area contributed by atoms with E-state index in [1.165, 1.54) is 6.92 Å². The van der Waals surface area contributed by atoms with Gasteiger partial charge >= 0.3 is 5.97 Å². The summed E-state index contributed by atoms with van der Waals surface area (Å²) < 4.78 is 15.4. The van der Waals surface area contributed by atoms with Gasteiger partial charge in [-0.1, -0.05) is 17.3 Å². The number of hydrogen-bond acceptors (Lipinski definition) is 8. The van der Waals surface area contributed by atoms with Crippen molar-refractivity contribution in [1.29, 1.82) is 0 Å². The third-order valence-electron chi connectivity index (χ3n) is 3.47. The van der Waals surface area contributed by atoms with Crippen LogP contribution in [0.1, 0.15) is 19.6 Å². The average Bonchev–Trinajstić information content (AvgIpc) is 3.08. The van der Waals surface area contributed by atoms with Gasteiger partial charge in [-0.05, 0) is 32.9 Å². The van der Waals surface area contributed by atoms with E-state index in [1.807, 2.05) is 6.92 Å². The molecule has 10 heteroatoms. The lowest BCUT2D eigenvalue weighted by Crippen LogP contribution is -2.30. The molecule has 0 saturated heterocycles. The van der Waals surface area contributed by atoms with Crippen molar-refractivity contribution in [3.05, 3.63) is 36.1 Å². The maximum Gasteiger partial charge on any atom is 0.316 e. The third-order valence-corrected chi connectivity index (χ3v) is 4.38. The molecule has 156 valence electrons. The molecule has 0 spiro atoms. The molecule has 0 unspecified atom stereocenters. The average molecular weight is 421 g/mol. The first-order valence-electron chi connectivity index (χ1n) is 8.92. The number of nitrogens with one attached hydrogen (secondary N) is 2. The van der Waals surface area contributed by atoms with Crippen LogP contribution in [0.4, 0.5) is 11.5 Å². The van der Waals surface area contributed by atoms with Gasteiger partial charge in [0.2, 0.25) is 5.91 Å². The number of carbonyl (C=O) groups excluding carboxylic acids is 3. The molecule has 2 N–H and O–H groups in total. The van der Waals surface area contributed by atoms with Crippen LogP contribution in [0.15, 0.2) is 34.9 Å². The molecule has 2 rings (SSSR count). The number of benzene rings is 1. The Bertz CT molecular complexity index is 854. The number of thioether (sulfide) groups is 1. The molecule has 0 aliphatic heterocycles. The molecule has 29 heavy (non-hydrogen) atoms. The zero-order valence-corrected chi connectivity index (χ0v) is 17.2. The second-order valence-electron chi connectivity index (χ2n) is 5.91. The monoisotopic (exact) mass is 421 g/mol. The highest BCUT2D eigenvalue weighted by molar-refractivity contribution is 8.00. The first-order chi connectivity index (χ1) is 13.9. The number of aryl methyl sites for hydroxylation is 1. The van der Waals surface area contributed by atoms with Crippen molar-refractivity contribution in [2.75, 3.05) is 28.7 Å². The summed E-state index contributed by atoms with van der Waals surface area (Å²) in [5.74, 6) is -0.0153. The van der Waals surface area contributed by atoms with Crippen LogP contribution in [0.25, 0.3) is 0 Å². The second-order valence-corrected chi connectivity index (χ2v) is 6.90. The van der Waals surface area contributed by atoms with Crippen LogP contribution in [0.5, 0.6) is 5.75 Å². The first kappa shape index (κ1) is 22.3. The lowest BCUT2D eigenvalue weighted by molar-refractivity contribution is -0.150. The Labute approximate surface area is 172 Å². The van der Waals surface area contributed by atoms with E-state index >= 15 is 0 Å². The van der Waals surface area contributed by atoms with E-state index in [2.05, 4.69) is 15.8 Å². The summed E-state index contributed by atoms with van der Waals surface area (Å²) in [6.45, 7) is 5.48. The fraction of sp³-hybridized carbons (Fsp3) is 0.368. The van der Waals surface area contributed by atoms with E-state index in [0.717, 1.165) is 11.8 Å². The molecule has 0 aliphatic carbocycles. The Balaban J connectivity index is 1.72. The predicted molar refractivity (Wildman–Crippen MR) is 109 cm³/mol. The molecular weight excluding hydrogens is 398 g/mol. The van der Waals surface area contributed by atoms with Crippen LogP contribution in [-0.4, -0.2) is 47.2 Å². The van der Waals surface area contributed by atoms with Crippen LogP contribution >= 0.6 is 11.8 Å². The number of rotatable bonds is 10. The fourth-order valence-electron chi connectivity index (χ4n) is 2.20. The highest BCUT2D eigenvalue weighted by atomic mass is 32.2. The van der Waals surface area contributed by atoms with E-state index in [1.54, 1.807) is 37.3 Å². The topological polar surface area (TPSA) is 120 Å². The summed E-state index contributed by atoms with van der Waals surface area (Å²) >= 11 is 1.07. The molecule has 0 radical (unpaired) electrons. The molecule has 9 nitrogen and oxygen atoms in total. The van der Waals surface area contributed by atoms with Crippen molar-refractivity contribution < 1.29 is 28.4 Å². The van der Waals surface area contributed by atoms with Gasteiger partial charge in [0.1, 0.15) is 11.5 Å². The largest absolute Gasteiger partial charge is 0.492 e. The highest BCUT2D eigenvalue weighted by Crippen LogP contribution is 2.24. The van der Waals surface area contributed by atoms with Crippen molar-refractivity contribution >= 4 is 41.1 Å². The predicted octanol–water partition coefficient (Wildman–Crippen LogP) is 2.62. The Morgan fingerprint density at radius 3 is 2.66 bits per heavy atom. The van der Waals surface area contributed by atoms with Gasteiger partial charge in [-0.15, -0.1) is 11.8 Å². The smallest absolute Gasteiger partial charge is 0.316 e. The van der Waals surface area contributed by atoms with Crippen LogP contribution < -0.4 is 15.4 Å². The standard InChI is InChI=1S/C19H23N3O6S/c1-4-26-15-8-6-5-7-14(15)20-19(25)13(3)27-18(24)11-29-10-17(23)21-16-9-12(2)28-22-16/h5-9,13H,4,10-11H2,1-3H3,(H,20,25)(H,21,22,23)/t13-/m0/s1. The Hall–Kier alpha value is -3.01. The van der Waals surface area contributed by atoms with Gasteiger partial charge in [0.05, 0.1) is 23.8 Å². The maximum absolute atomic E-state index is 12.3. The van der Waals surface area contributed by atoms with Crippen LogP contribution in [0.2, 0.25) is 0 Å². The second kappa shape index (κ2) is 11.1. The molecule has 0 saturated carbocycles. The van der Waals surface area contributed by atoms with E-state index in [0.29, 0.717) is 29.6 Å². The van der Waals surface area contributed by atoms with Gasteiger partial charge < -0.3 is 24.6 Å². The van der Waals surface area contributed by atoms with Gasteiger partial charge in [0.15, 0.2) is 11.9 Å². The van der Waals surface area contributed by atoms with E-state index in [-0.39, 0.29) is 17.4 Å². The number of para-hydroxylation sites is 2. The van der Waals surface area contributed by atoms with Crippen molar-refractivity contribution in [3.63, 3.8) is 0 Å². The van der Waals surface area contributed by atoms with Gasteiger partial charge in [0, 0.05) is 6.07 Å². The molecule has 0 bridgehead atoms. The van der Waals surface area contributed by atoms with Crippen molar-refractivity contribution in [1.82, 2.24) is 5.16 Å². The molecule has 2 aromatic rings. The number of nitrogens with zero attached hydrogens (tertiary/aromatic N) is 1.